The van der Waals surface area contributed by atoms with Crippen molar-refractivity contribution in [1.29, 1.82) is 0 Å². The monoisotopic (exact) mass is 672 g/mol. The number of nitrogens with zero attached hydrogens (tertiary/aromatic N) is 2. The van der Waals surface area contributed by atoms with Gasteiger partial charge in [-0.15, -0.1) is 0 Å². The fourth-order valence-corrected chi connectivity index (χ4v) is 5.66. The molecule has 0 aliphatic heterocycles. The Labute approximate surface area is 291 Å². The van der Waals surface area contributed by atoms with Crippen LogP contribution in [-0.2, 0) is 0 Å². The summed E-state index contributed by atoms with van der Waals surface area (Å²) in [6.07, 6.45) is 7.37. The molecule has 0 atom stereocenters. The Hall–Kier alpha value is -6.52. The number of hydrogen-bond acceptors (Lipinski definition) is 8. The largest absolute Gasteiger partial charge is 0.496 e. The maximum absolute atomic E-state index is 11.4. The van der Waals surface area contributed by atoms with Gasteiger partial charge in [0.15, 0.2) is 0 Å². The van der Waals surface area contributed by atoms with Crippen molar-refractivity contribution in [2.75, 3.05) is 28.4 Å². The molecule has 0 saturated heterocycles. The summed E-state index contributed by atoms with van der Waals surface area (Å²) >= 11 is 0. The predicted octanol–water partition coefficient (Wildman–Crippen LogP) is 8.52. The Morgan fingerprint density at radius 1 is 0.500 bits per heavy atom. The summed E-state index contributed by atoms with van der Waals surface area (Å²) in [5.74, 6) is 14.0. The van der Waals surface area contributed by atoms with Crippen LogP contribution in [0.1, 0.15) is 55.6 Å². The van der Waals surface area contributed by atoms with Gasteiger partial charge in [-0.3, -0.25) is 20.2 Å². The number of hydrogen-bond donors (Lipinski definition) is 0. The van der Waals surface area contributed by atoms with E-state index in [0.717, 1.165) is 11.1 Å². The zero-order valence-electron chi connectivity index (χ0n) is 29.1. The summed E-state index contributed by atoms with van der Waals surface area (Å²) in [7, 11) is 6.21. The number of benzene rings is 4. The van der Waals surface area contributed by atoms with Crippen LogP contribution in [-0.4, -0.2) is 38.3 Å². The molecule has 0 N–H and O–H groups in total. The zero-order chi connectivity index (χ0) is 36.5. The van der Waals surface area contributed by atoms with Gasteiger partial charge in [-0.2, -0.15) is 0 Å². The van der Waals surface area contributed by atoms with Crippen LogP contribution in [0.4, 0.5) is 11.4 Å². The first-order chi connectivity index (χ1) is 23.9. The van der Waals surface area contributed by atoms with Crippen LogP contribution in [0, 0.1) is 71.6 Å². The predicted molar refractivity (Wildman–Crippen MR) is 196 cm³/mol. The zero-order valence-corrected chi connectivity index (χ0v) is 29.1. The average Bonchev–Trinajstić information content (AvgIpc) is 3.06. The third-order valence-electron chi connectivity index (χ3n) is 7.84. The van der Waals surface area contributed by atoms with Gasteiger partial charge in [-0.05, 0) is 111 Å². The van der Waals surface area contributed by atoms with Gasteiger partial charge in [-0.1, -0.05) is 24.0 Å². The third kappa shape index (κ3) is 8.30. The normalized spacial score (nSPS) is 10.6. The van der Waals surface area contributed by atoms with E-state index in [1.807, 2.05) is 24.3 Å². The molecule has 0 aliphatic rings. The highest BCUT2D eigenvalue weighted by Gasteiger charge is 2.17. The van der Waals surface area contributed by atoms with E-state index < -0.39 is 0 Å². The van der Waals surface area contributed by atoms with E-state index >= 15 is 0 Å². The lowest BCUT2D eigenvalue weighted by molar-refractivity contribution is -0.386. The molecule has 10 heteroatoms. The molecule has 4 aromatic carbocycles. The molecule has 10 nitrogen and oxygen atoms in total. The Balaban J connectivity index is 1.60. The van der Waals surface area contributed by atoms with Crippen LogP contribution < -0.4 is 18.9 Å². The number of nitro groups is 2. The number of nitro benzene ring substituents is 2. The van der Waals surface area contributed by atoms with Crippen LogP contribution in [0.15, 0.2) is 48.5 Å². The van der Waals surface area contributed by atoms with Gasteiger partial charge in [0.2, 0.25) is 0 Å². The van der Waals surface area contributed by atoms with E-state index in [0.29, 0.717) is 67.5 Å². The van der Waals surface area contributed by atoms with E-state index in [1.54, 1.807) is 105 Å². The number of methoxy groups -OCH3 is 4. The van der Waals surface area contributed by atoms with Crippen molar-refractivity contribution in [2.45, 2.75) is 27.7 Å². The summed E-state index contributed by atoms with van der Waals surface area (Å²) in [4.78, 5) is 22.0. The highest BCUT2D eigenvalue weighted by Crippen LogP contribution is 2.34. The first kappa shape index (κ1) is 36.3. The van der Waals surface area contributed by atoms with Gasteiger partial charge in [0.05, 0.1) is 49.4 Å². The standard InChI is InChI=1S/C40H36N2O8/c1-25-17-31(18-26(2)39(25)41(43)44)13-15-33-35(47-5)21-29(22-36(33)48-6)11-9-10-12-30-23-37(49-7)34(38(24-30)50-8)16-14-32-19-27(3)40(42(45)46)28(4)20-32/h13-24H,1-8H3/b15-13+,16-14+. The van der Waals surface area contributed by atoms with Crippen LogP contribution >= 0.6 is 0 Å². The molecule has 0 amide bonds. The molecule has 0 heterocycles. The van der Waals surface area contributed by atoms with Gasteiger partial charge in [0.1, 0.15) is 23.0 Å². The molecule has 0 bridgehead atoms. The Morgan fingerprint density at radius 2 is 0.780 bits per heavy atom. The average molecular weight is 673 g/mol. The van der Waals surface area contributed by atoms with Crippen LogP contribution in [0.2, 0.25) is 0 Å². The van der Waals surface area contributed by atoms with Crippen LogP contribution in [0.25, 0.3) is 24.3 Å². The first-order valence-corrected chi connectivity index (χ1v) is 15.3. The SMILES string of the molecule is COc1cc(C#CC#Cc2cc(OC)c(/C=C/c3cc(C)c([N+](=O)[O-])c(C)c3)c(OC)c2)cc(OC)c1/C=C/c1cc(C)c([N+](=O)[O-])c(C)c1. The molecule has 0 radical (unpaired) electrons. The maximum atomic E-state index is 11.4. The van der Waals surface area contributed by atoms with Crippen molar-refractivity contribution < 1.29 is 28.8 Å². The summed E-state index contributed by atoms with van der Waals surface area (Å²) in [5.41, 5.74) is 6.77. The van der Waals surface area contributed by atoms with Crippen molar-refractivity contribution in [3.63, 3.8) is 0 Å². The van der Waals surface area contributed by atoms with Gasteiger partial charge >= 0.3 is 0 Å². The molecular weight excluding hydrogens is 636 g/mol. The molecular formula is C40H36N2O8. The molecule has 0 fully saturated rings. The summed E-state index contributed by atoms with van der Waals surface area (Å²) in [6.45, 7) is 6.86. The third-order valence-corrected chi connectivity index (χ3v) is 7.84. The lowest BCUT2D eigenvalue weighted by Crippen LogP contribution is -1.96. The van der Waals surface area contributed by atoms with Gasteiger partial charge < -0.3 is 18.9 Å². The van der Waals surface area contributed by atoms with Crippen molar-refractivity contribution in [3.8, 4) is 46.7 Å². The van der Waals surface area contributed by atoms with Gasteiger partial charge in [0.25, 0.3) is 11.4 Å². The van der Waals surface area contributed by atoms with Crippen molar-refractivity contribution in [3.05, 3.63) is 124 Å². The summed E-state index contributed by atoms with van der Waals surface area (Å²) < 4.78 is 22.6. The van der Waals surface area contributed by atoms with E-state index in [9.17, 15) is 20.2 Å². The molecule has 0 spiro atoms. The first-order valence-electron chi connectivity index (χ1n) is 15.3. The number of ether oxygens (including phenoxy) is 4. The second-order valence-electron chi connectivity index (χ2n) is 11.3. The Bertz CT molecular complexity index is 1920. The van der Waals surface area contributed by atoms with E-state index in [2.05, 4.69) is 23.7 Å². The number of rotatable bonds is 10. The molecule has 0 aliphatic carbocycles. The lowest BCUT2D eigenvalue weighted by Gasteiger charge is -2.11. The molecule has 254 valence electrons. The minimum atomic E-state index is -0.370. The molecule has 4 aromatic rings. The van der Waals surface area contributed by atoms with Crippen LogP contribution in [0.5, 0.6) is 23.0 Å². The second kappa shape index (κ2) is 16.1. The highest BCUT2D eigenvalue weighted by atomic mass is 16.6. The molecule has 0 aromatic heterocycles. The molecule has 4 rings (SSSR count). The van der Waals surface area contributed by atoms with Crippen molar-refractivity contribution in [2.24, 2.45) is 0 Å². The van der Waals surface area contributed by atoms with Gasteiger partial charge in [-0.25, -0.2) is 0 Å². The maximum Gasteiger partial charge on any atom is 0.275 e. The second-order valence-corrected chi connectivity index (χ2v) is 11.3. The highest BCUT2D eigenvalue weighted by molar-refractivity contribution is 5.79. The summed E-state index contributed by atoms with van der Waals surface area (Å²) in [5, 5.41) is 22.7. The quantitative estimate of drug-likeness (QED) is 0.0711. The lowest BCUT2D eigenvalue weighted by atomic mass is 10.0. The van der Waals surface area contributed by atoms with E-state index in [4.69, 9.17) is 18.9 Å². The van der Waals surface area contributed by atoms with Gasteiger partial charge in [0, 0.05) is 33.4 Å². The Kier molecular flexibility index (Phi) is 11.7. The minimum Gasteiger partial charge on any atom is -0.496 e. The molecule has 0 saturated carbocycles. The molecule has 0 unspecified atom stereocenters. The smallest absolute Gasteiger partial charge is 0.275 e. The van der Waals surface area contributed by atoms with Crippen LogP contribution in [0.3, 0.4) is 0 Å². The minimum absolute atomic E-state index is 0.109. The van der Waals surface area contributed by atoms with Crippen molar-refractivity contribution >= 4 is 35.7 Å². The van der Waals surface area contributed by atoms with Crippen molar-refractivity contribution in [1.82, 2.24) is 0 Å². The van der Waals surface area contributed by atoms with E-state index in [1.165, 1.54) is 0 Å². The molecule has 50 heavy (non-hydrogen) atoms. The topological polar surface area (TPSA) is 123 Å². The fourth-order valence-electron chi connectivity index (χ4n) is 5.66. The fraction of sp³-hybridized carbons (Fsp3) is 0.200. The Morgan fingerprint density at radius 3 is 1.02 bits per heavy atom. The number of aryl methyl sites for hydroxylation is 4. The van der Waals surface area contributed by atoms with E-state index in [-0.39, 0.29) is 21.2 Å². The summed E-state index contributed by atoms with van der Waals surface area (Å²) in [6, 6.07) is 14.2.